The van der Waals surface area contributed by atoms with Crippen molar-refractivity contribution in [3.8, 4) is 17.2 Å². The summed E-state index contributed by atoms with van der Waals surface area (Å²) in [5, 5.41) is 19.5. The largest absolute Gasteiger partial charge is 0.515 e. The second-order valence-corrected chi connectivity index (χ2v) is 6.72. The first kappa shape index (κ1) is 18.2. The number of rotatable bonds is 6. The van der Waals surface area contributed by atoms with Gasteiger partial charge in [-0.1, -0.05) is 19.8 Å². The molecule has 1 unspecified atom stereocenters. The van der Waals surface area contributed by atoms with Crippen LogP contribution in [0.5, 0.6) is 17.2 Å². The predicted molar refractivity (Wildman–Crippen MR) is 92.1 cm³/mol. The molecule has 24 heavy (non-hydrogen) atoms. The van der Waals surface area contributed by atoms with E-state index in [2.05, 4.69) is 6.92 Å². The number of phenols is 1. The van der Waals surface area contributed by atoms with Gasteiger partial charge in [0.05, 0.1) is 17.9 Å². The molecular weight excluding hydrogens is 308 g/mol. The molecule has 0 aliphatic carbocycles. The zero-order chi connectivity index (χ0) is 17.9. The topological polar surface area (TPSA) is 76.0 Å². The van der Waals surface area contributed by atoms with Crippen LogP contribution in [0.25, 0.3) is 0 Å². The Morgan fingerprint density at radius 2 is 2.04 bits per heavy atom. The molecule has 132 valence electrons. The lowest BCUT2D eigenvalue weighted by molar-refractivity contribution is 0.0836. The van der Waals surface area contributed by atoms with Crippen molar-refractivity contribution in [2.75, 3.05) is 0 Å². The number of phenolic OH excluding ortho intramolecular Hbond substituents is 1. The van der Waals surface area contributed by atoms with Gasteiger partial charge in [0.15, 0.2) is 0 Å². The third kappa shape index (κ3) is 3.66. The Bertz CT molecular complexity index is 645. The van der Waals surface area contributed by atoms with Gasteiger partial charge in [0.25, 0.3) is 0 Å². The molecule has 0 bridgehead atoms. The lowest BCUT2D eigenvalue weighted by Crippen LogP contribution is -2.39. The number of ketones is 1. The van der Waals surface area contributed by atoms with Gasteiger partial charge in [0, 0.05) is 12.1 Å². The second-order valence-electron chi connectivity index (χ2n) is 6.72. The minimum absolute atomic E-state index is 0.00852. The molecule has 1 atom stereocenters. The first-order valence-corrected chi connectivity index (χ1v) is 8.42. The maximum absolute atomic E-state index is 12.5. The minimum Gasteiger partial charge on any atom is -0.515 e. The number of aromatic hydroxyl groups is 1. The lowest BCUT2D eigenvalue weighted by Gasteiger charge is -2.33. The molecule has 0 aromatic heterocycles. The highest BCUT2D eigenvalue weighted by Crippen LogP contribution is 2.43. The summed E-state index contributed by atoms with van der Waals surface area (Å²) in [6.45, 7) is 7.51. The number of carbonyl (C=O) groups is 1. The van der Waals surface area contributed by atoms with E-state index in [1.807, 2.05) is 6.92 Å². The number of fused-ring (bicyclic) bond motifs is 1. The standard InChI is InChI=1S/C19H26O5/c1-5-6-7-8-12(2)23-13-9-15(21)17-16(10-13)24-19(3,4)14(11-20)18(17)22/h9-12,20-21H,5-8H2,1-4H3. The maximum atomic E-state index is 12.5. The van der Waals surface area contributed by atoms with Crippen molar-refractivity contribution >= 4 is 5.78 Å². The maximum Gasteiger partial charge on any atom is 0.203 e. The number of unbranched alkanes of at least 4 members (excludes halogenated alkanes) is 2. The van der Waals surface area contributed by atoms with Gasteiger partial charge in [-0.25, -0.2) is 0 Å². The van der Waals surface area contributed by atoms with Crippen molar-refractivity contribution in [2.24, 2.45) is 0 Å². The Kier molecular flexibility index (Phi) is 5.42. The zero-order valence-electron chi connectivity index (χ0n) is 14.8. The van der Waals surface area contributed by atoms with Crippen LogP contribution >= 0.6 is 0 Å². The summed E-state index contributed by atoms with van der Waals surface area (Å²) in [6, 6.07) is 3.04. The van der Waals surface area contributed by atoms with Gasteiger partial charge >= 0.3 is 0 Å². The van der Waals surface area contributed by atoms with Crippen molar-refractivity contribution in [3.63, 3.8) is 0 Å². The fourth-order valence-corrected chi connectivity index (χ4v) is 2.88. The van der Waals surface area contributed by atoms with Crippen molar-refractivity contribution in [2.45, 2.75) is 65.1 Å². The van der Waals surface area contributed by atoms with Gasteiger partial charge < -0.3 is 19.7 Å². The summed E-state index contributed by atoms with van der Waals surface area (Å²) >= 11 is 0. The third-order valence-electron chi connectivity index (χ3n) is 4.22. The summed E-state index contributed by atoms with van der Waals surface area (Å²) in [7, 11) is 0. The second kappa shape index (κ2) is 7.16. The first-order chi connectivity index (χ1) is 11.3. The van der Waals surface area contributed by atoms with Crippen molar-refractivity contribution < 1.29 is 24.5 Å². The summed E-state index contributed by atoms with van der Waals surface area (Å²) in [5.74, 6) is 0.0912. The quantitative estimate of drug-likeness (QED) is 0.454. The van der Waals surface area contributed by atoms with E-state index in [1.54, 1.807) is 19.9 Å². The Labute approximate surface area is 142 Å². The van der Waals surface area contributed by atoms with Crippen molar-refractivity contribution in [3.05, 3.63) is 29.5 Å². The molecule has 5 heteroatoms. The summed E-state index contributed by atoms with van der Waals surface area (Å²) < 4.78 is 11.7. The summed E-state index contributed by atoms with van der Waals surface area (Å²) in [5.41, 5.74) is -0.816. The number of benzene rings is 1. The zero-order valence-corrected chi connectivity index (χ0v) is 14.8. The van der Waals surface area contributed by atoms with Gasteiger partial charge in [0.1, 0.15) is 28.4 Å². The molecule has 1 aliphatic rings. The van der Waals surface area contributed by atoms with E-state index >= 15 is 0 Å². The highest BCUT2D eigenvalue weighted by molar-refractivity contribution is 6.14. The molecule has 1 heterocycles. The van der Waals surface area contributed by atoms with Crippen molar-refractivity contribution in [1.82, 2.24) is 0 Å². The SMILES string of the molecule is CCCCCC(C)Oc1cc(O)c2c(c1)OC(C)(C)C(=CO)C2=O. The van der Waals surface area contributed by atoms with Crippen LogP contribution in [-0.4, -0.2) is 27.7 Å². The fraction of sp³-hybridized carbons (Fsp3) is 0.526. The molecule has 0 amide bonds. The van der Waals surface area contributed by atoms with Gasteiger partial charge in [-0.05, 0) is 33.6 Å². The van der Waals surface area contributed by atoms with E-state index in [0.717, 1.165) is 31.9 Å². The molecule has 2 rings (SSSR count). The number of Topliss-reactive ketones (excluding diaryl/α,β-unsaturated/α-hetero) is 1. The summed E-state index contributed by atoms with van der Waals surface area (Å²) in [4.78, 5) is 12.5. The Morgan fingerprint density at radius 1 is 1.33 bits per heavy atom. The van der Waals surface area contributed by atoms with Crippen molar-refractivity contribution in [1.29, 1.82) is 0 Å². The third-order valence-corrected chi connectivity index (χ3v) is 4.22. The normalized spacial score (nSPS) is 18.8. The van der Waals surface area contributed by atoms with E-state index in [-0.39, 0.29) is 28.7 Å². The van der Waals surface area contributed by atoms with E-state index in [9.17, 15) is 15.0 Å². The molecule has 0 saturated heterocycles. The number of ether oxygens (including phenoxy) is 2. The van der Waals surface area contributed by atoms with Crippen LogP contribution in [0.2, 0.25) is 0 Å². The van der Waals surface area contributed by atoms with E-state index in [4.69, 9.17) is 9.47 Å². The molecule has 5 nitrogen and oxygen atoms in total. The Balaban J connectivity index is 2.26. The van der Waals surface area contributed by atoms with Gasteiger partial charge in [0.2, 0.25) is 5.78 Å². The van der Waals surface area contributed by atoms with Crippen LogP contribution in [0.4, 0.5) is 0 Å². The smallest absolute Gasteiger partial charge is 0.203 e. The molecule has 1 aliphatic heterocycles. The average molecular weight is 334 g/mol. The van der Waals surface area contributed by atoms with E-state index in [0.29, 0.717) is 5.75 Å². The molecule has 0 spiro atoms. The Morgan fingerprint density at radius 3 is 2.67 bits per heavy atom. The number of hydrogen-bond acceptors (Lipinski definition) is 5. The highest BCUT2D eigenvalue weighted by Gasteiger charge is 2.40. The monoisotopic (exact) mass is 334 g/mol. The van der Waals surface area contributed by atoms with Crippen LogP contribution in [-0.2, 0) is 0 Å². The highest BCUT2D eigenvalue weighted by atomic mass is 16.5. The summed E-state index contributed by atoms with van der Waals surface area (Å²) in [6.07, 6.45) is 5.07. The molecule has 0 radical (unpaired) electrons. The molecule has 2 N–H and O–H groups in total. The molecule has 0 saturated carbocycles. The lowest BCUT2D eigenvalue weighted by atomic mass is 9.87. The fourth-order valence-electron chi connectivity index (χ4n) is 2.88. The predicted octanol–water partition coefficient (Wildman–Crippen LogP) is 4.54. The molecular formula is C19H26O5. The Hall–Kier alpha value is -2.17. The van der Waals surface area contributed by atoms with E-state index < -0.39 is 11.4 Å². The van der Waals surface area contributed by atoms with Crippen LogP contribution in [0, 0.1) is 0 Å². The van der Waals surface area contributed by atoms with Gasteiger partial charge in [-0.15, -0.1) is 0 Å². The minimum atomic E-state index is -0.976. The molecule has 1 aromatic carbocycles. The number of carbonyl (C=O) groups excluding carboxylic acids is 1. The average Bonchev–Trinajstić information content (AvgIpc) is 2.45. The van der Waals surface area contributed by atoms with Crippen LogP contribution in [0.1, 0.15) is 63.7 Å². The number of aliphatic hydroxyl groups is 1. The molecule has 1 aromatic rings. The van der Waals surface area contributed by atoms with Crippen LogP contribution < -0.4 is 9.47 Å². The van der Waals surface area contributed by atoms with E-state index in [1.165, 1.54) is 6.07 Å². The number of hydrogen-bond donors (Lipinski definition) is 2. The van der Waals surface area contributed by atoms with Gasteiger partial charge in [-0.3, -0.25) is 4.79 Å². The first-order valence-electron chi connectivity index (χ1n) is 8.42. The van der Waals surface area contributed by atoms with Crippen LogP contribution in [0.15, 0.2) is 24.0 Å². The number of aliphatic hydroxyl groups excluding tert-OH is 1. The van der Waals surface area contributed by atoms with Gasteiger partial charge in [-0.2, -0.15) is 0 Å². The van der Waals surface area contributed by atoms with Crippen LogP contribution in [0.3, 0.4) is 0 Å². The molecule has 0 fully saturated rings.